The lowest BCUT2D eigenvalue weighted by Crippen LogP contribution is -2.39. The first kappa shape index (κ1) is 18.0. The molecule has 10 heteroatoms. The van der Waals surface area contributed by atoms with Crippen molar-refractivity contribution in [1.82, 2.24) is 0 Å². The summed E-state index contributed by atoms with van der Waals surface area (Å²) in [6.45, 7) is -0.488. The van der Waals surface area contributed by atoms with Crippen molar-refractivity contribution in [2.24, 2.45) is 4.99 Å². The summed E-state index contributed by atoms with van der Waals surface area (Å²) in [5.41, 5.74) is -4.46. The number of alkyl halides is 3. The molecule has 0 amide bonds. The molecule has 0 aromatic heterocycles. The van der Waals surface area contributed by atoms with Crippen molar-refractivity contribution < 1.29 is 28.3 Å². The summed E-state index contributed by atoms with van der Waals surface area (Å²) in [6, 6.07) is 3.07. The van der Waals surface area contributed by atoms with Gasteiger partial charge >= 0.3 is 11.9 Å². The van der Waals surface area contributed by atoms with Crippen molar-refractivity contribution in [3.05, 3.63) is 51.6 Å². The summed E-state index contributed by atoms with van der Waals surface area (Å²) in [7, 11) is 0. The SMILES string of the molecule is N#CC=CC1(c2cc(O)c(O)c([N+](=O)[O-])c2)CN=CC=C1C(F)(F)F. The number of benzene rings is 1. The van der Waals surface area contributed by atoms with E-state index in [2.05, 4.69) is 4.99 Å². The molecule has 0 spiro atoms. The number of phenols is 2. The molecule has 7 nitrogen and oxygen atoms in total. The lowest BCUT2D eigenvalue weighted by molar-refractivity contribution is -0.386. The molecule has 1 aliphatic rings. The third kappa shape index (κ3) is 3.16. The number of nitro benzene ring substituents is 1. The highest BCUT2D eigenvalue weighted by Gasteiger charge is 2.49. The second-order valence-corrected chi connectivity index (χ2v) is 5.12. The number of rotatable bonds is 3. The van der Waals surface area contributed by atoms with Crippen molar-refractivity contribution in [3.63, 3.8) is 0 Å². The summed E-state index contributed by atoms with van der Waals surface area (Å²) in [4.78, 5) is 13.7. The average molecular weight is 353 g/mol. The molecule has 0 radical (unpaired) electrons. The monoisotopic (exact) mass is 353 g/mol. The van der Waals surface area contributed by atoms with Gasteiger partial charge < -0.3 is 10.2 Å². The molecule has 0 bridgehead atoms. The zero-order valence-corrected chi connectivity index (χ0v) is 12.4. The Morgan fingerprint density at radius 1 is 1.40 bits per heavy atom. The normalized spacial score (nSPS) is 20.3. The van der Waals surface area contributed by atoms with Crippen molar-refractivity contribution in [2.45, 2.75) is 11.6 Å². The maximum absolute atomic E-state index is 13.5. The topological polar surface area (TPSA) is 120 Å². The van der Waals surface area contributed by atoms with Gasteiger partial charge in [-0.25, -0.2) is 0 Å². The van der Waals surface area contributed by atoms with Crippen LogP contribution in [0.1, 0.15) is 5.56 Å². The molecule has 1 atom stereocenters. The molecule has 1 heterocycles. The number of phenolic OH excluding ortho intramolecular Hbond substituents is 2. The maximum Gasteiger partial charge on any atom is 0.413 e. The van der Waals surface area contributed by atoms with Gasteiger partial charge in [0, 0.05) is 18.4 Å². The summed E-state index contributed by atoms with van der Waals surface area (Å²) >= 11 is 0. The zero-order valence-electron chi connectivity index (χ0n) is 12.4. The van der Waals surface area contributed by atoms with E-state index in [0.29, 0.717) is 6.08 Å². The first-order valence-electron chi connectivity index (χ1n) is 6.69. The number of halogens is 3. The Morgan fingerprint density at radius 2 is 2.08 bits per heavy atom. The van der Waals surface area contributed by atoms with Gasteiger partial charge in [0.05, 0.1) is 28.5 Å². The molecule has 0 saturated carbocycles. The minimum absolute atomic E-state index is 0.332. The standard InChI is InChI=1S/C15H10F3N3O4/c16-15(17,18)12-2-5-20-8-14(12,3-1-4-19)9-6-10(21(24)25)13(23)11(22)7-9/h1-3,5-7,22-23H,8H2. The number of aromatic hydroxyl groups is 2. The third-order valence-electron chi connectivity index (χ3n) is 3.70. The molecule has 0 aliphatic carbocycles. The Labute approximate surface area is 138 Å². The van der Waals surface area contributed by atoms with Crippen LogP contribution in [-0.2, 0) is 5.41 Å². The van der Waals surface area contributed by atoms with Gasteiger partial charge in [-0.1, -0.05) is 6.08 Å². The van der Waals surface area contributed by atoms with Gasteiger partial charge in [0.2, 0.25) is 5.75 Å². The number of allylic oxidation sites excluding steroid dienone is 2. The van der Waals surface area contributed by atoms with Crippen LogP contribution in [0.4, 0.5) is 18.9 Å². The number of dihydropyridines is 1. The van der Waals surface area contributed by atoms with Crippen LogP contribution in [0.3, 0.4) is 0 Å². The summed E-state index contributed by atoms with van der Waals surface area (Å²) in [5, 5.41) is 39.0. The van der Waals surface area contributed by atoms with Gasteiger partial charge in [0.25, 0.3) is 0 Å². The van der Waals surface area contributed by atoms with E-state index in [9.17, 15) is 33.5 Å². The van der Waals surface area contributed by atoms with E-state index in [1.807, 2.05) is 0 Å². The second kappa shape index (κ2) is 6.27. The zero-order chi connectivity index (χ0) is 18.8. The Bertz CT molecular complexity index is 853. The Balaban J connectivity index is 2.82. The van der Waals surface area contributed by atoms with E-state index in [-0.39, 0.29) is 5.56 Å². The predicted molar refractivity (Wildman–Crippen MR) is 80.4 cm³/mol. The maximum atomic E-state index is 13.5. The quantitative estimate of drug-likeness (QED) is 0.375. The fourth-order valence-electron chi connectivity index (χ4n) is 2.57. The lowest BCUT2D eigenvalue weighted by atomic mass is 9.72. The van der Waals surface area contributed by atoms with Crippen LogP contribution in [0.5, 0.6) is 11.5 Å². The van der Waals surface area contributed by atoms with E-state index in [0.717, 1.165) is 30.5 Å². The van der Waals surface area contributed by atoms with Crippen molar-refractivity contribution >= 4 is 11.9 Å². The Hall–Kier alpha value is -3.35. The van der Waals surface area contributed by atoms with Crippen LogP contribution >= 0.6 is 0 Å². The molecule has 1 aromatic carbocycles. The molecule has 0 saturated heterocycles. The third-order valence-corrected chi connectivity index (χ3v) is 3.70. The molecule has 2 N–H and O–H groups in total. The van der Waals surface area contributed by atoms with Crippen molar-refractivity contribution in [1.29, 1.82) is 5.26 Å². The molecule has 130 valence electrons. The van der Waals surface area contributed by atoms with Gasteiger partial charge in [-0.3, -0.25) is 15.1 Å². The molecule has 2 rings (SSSR count). The summed E-state index contributed by atoms with van der Waals surface area (Å²) in [6.07, 6.45) is -1.47. The fraction of sp³-hybridized carbons (Fsp3) is 0.200. The van der Waals surface area contributed by atoms with Gasteiger partial charge in [-0.15, -0.1) is 0 Å². The lowest BCUT2D eigenvalue weighted by Gasteiger charge is -2.35. The molecule has 1 aliphatic heterocycles. The van der Waals surface area contributed by atoms with E-state index < -0.39 is 45.8 Å². The Kier molecular flexibility index (Phi) is 4.52. The average Bonchev–Trinajstić information content (AvgIpc) is 2.54. The van der Waals surface area contributed by atoms with Gasteiger partial charge in [-0.05, 0) is 17.7 Å². The summed E-state index contributed by atoms with van der Waals surface area (Å²) < 4.78 is 40.5. The van der Waals surface area contributed by atoms with Gasteiger partial charge in [-0.2, -0.15) is 18.4 Å². The van der Waals surface area contributed by atoms with E-state index in [4.69, 9.17) is 5.26 Å². The number of hydrogen-bond acceptors (Lipinski definition) is 6. The largest absolute Gasteiger partial charge is 0.504 e. The van der Waals surface area contributed by atoms with Crippen molar-refractivity contribution in [2.75, 3.05) is 6.54 Å². The number of nitriles is 1. The van der Waals surface area contributed by atoms with Crippen LogP contribution in [0.2, 0.25) is 0 Å². The van der Waals surface area contributed by atoms with Crippen molar-refractivity contribution in [3.8, 4) is 17.6 Å². The molecule has 0 fully saturated rings. The number of nitro groups is 1. The molecular weight excluding hydrogens is 343 g/mol. The van der Waals surface area contributed by atoms with E-state index in [1.165, 1.54) is 0 Å². The minimum Gasteiger partial charge on any atom is -0.504 e. The molecule has 1 aromatic rings. The van der Waals surface area contributed by atoms with Gasteiger partial charge in [0.1, 0.15) is 0 Å². The fourth-order valence-corrected chi connectivity index (χ4v) is 2.57. The first-order valence-corrected chi connectivity index (χ1v) is 6.69. The van der Waals surface area contributed by atoms with Gasteiger partial charge in [0.15, 0.2) is 5.75 Å². The highest BCUT2D eigenvalue weighted by molar-refractivity contribution is 5.77. The Morgan fingerprint density at radius 3 is 2.64 bits per heavy atom. The van der Waals surface area contributed by atoms with Crippen LogP contribution in [0.15, 0.2) is 40.9 Å². The highest BCUT2D eigenvalue weighted by Crippen LogP contribution is 2.48. The van der Waals surface area contributed by atoms with E-state index in [1.54, 1.807) is 6.07 Å². The van der Waals surface area contributed by atoms with Crippen LogP contribution in [-0.4, -0.2) is 34.1 Å². The first-order chi connectivity index (χ1) is 11.6. The van der Waals surface area contributed by atoms with Crippen LogP contribution < -0.4 is 0 Å². The molecule has 25 heavy (non-hydrogen) atoms. The number of hydrogen-bond donors (Lipinski definition) is 2. The number of nitrogens with zero attached hydrogens (tertiary/aromatic N) is 3. The predicted octanol–water partition coefficient (Wildman–Crippen LogP) is 2.90. The summed E-state index contributed by atoms with van der Waals surface area (Å²) in [5.74, 6) is -2.02. The van der Waals surface area contributed by atoms with E-state index >= 15 is 0 Å². The molecular formula is C15H10F3N3O4. The number of aliphatic imine (C=N–C) groups is 1. The second-order valence-electron chi connectivity index (χ2n) is 5.12. The molecule has 1 unspecified atom stereocenters. The smallest absolute Gasteiger partial charge is 0.413 e. The highest BCUT2D eigenvalue weighted by atomic mass is 19.4. The minimum atomic E-state index is -4.82. The van der Waals surface area contributed by atoms with Crippen LogP contribution in [0.25, 0.3) is 0 Å². The van der Waals surface area contributed by atoms with Crippen LogP contribution in [0, 0.1) is 21.4 Å².